The monoisotopic (exact) mass is 441 g/mol. The van der Waals surface area contributed by atoms with Crippen LogP contribution in [0.5, 0.6) is 5.75 Å². The lowest BCUT2D eigenvalue weighted by Gasteiger charge is -2.30. The van der Waals surface area contributed by atoms with Gasteiger partial charge in [0.25, 0.3) is 5.69 Å². The van der Waals surface area contributed by atoms with Gasteiger partial charge in [-0.15, -0.1) is 0 Å². The van der Waals surface area contributed by atoms with E-state index in [1.807, 2.05) is 54.6 Å². The third-order valence-corrected chi connectivity index (χ3v) is 6.29. The van der Waals surface area contributed by atoms with E-state index in [0.717, 1.165) is 28.4 Å². The van der Waals surface area contributed by atoms with Crippen LogP contribution in [0.1, 0.15) is 35.9 Å². The minimum atomic E-state index is -0.491. The molecule has 1 aliphatic heterocycles. The molecule has 166 valence electrons. The lowest BCUT2D eigenvalue weighted by Crippen LogP contribution is -2.26. The van der Waals surface area contributed by atoms with Crippen molar-refractivity contribution < 1.29 is 14.5 Å². The zero-order valence-electron chi connectivity index (χ0n) is 18.1. The fraction of sp³-hybridized carbons (Fsp3) is 0.192. The largest absolute Gasteiger partial charge is 0.497 e. The van der Waals surface area contributed by atoms with Crippen LogP contribution in [0.15, 0.2) is 84.1 Å². The van der Waals surface area contributed by atoms with E-state index in [9.17, 15) is 14.9 Å². The number of fused-ring (bicyclic) bond motifs is 1. The van der Waals surface area contributed by atoms with Crippen LogP contribution in [0.4, 0.5) is 17.1 Å². The molecule has 3 aromatic carbocycles. The summed E-state index contributed by atoms with van der Waals surface area (Å²) in [6.07, 6.45) is 1.01. The van der Waals surface area contributed by atoms with Crippen molar-refractivity contribution in [1.29, 1.82) is 0 Å². The minimum absolute atomic E-state index is 0.000503. The second kappa shape index (κ2) is 8.43. The molecule has 1 heterocycles. The van der Waals surface area contributed by atoms with Crippen LogP contribution in [0.2, 0.25) is 0 Å². The van der Waals surface area contributed by atoms with Crippen molar-refractivity contribution in [3.63, 3.8) is 0 Å². The number of carbonyl (C=O) groups is 1. The maximum Gasteiger partial charge on any atom is 0.269 e. The predicted octanol–water partition coefficient (Wildman–Crippen LogP) is 5.58. The van der Waals surface area contributed by atoms with Crippen LogP contribution < -0.4 is 15.4 Å². The second-order valence-electron chi connectivity index (χ2n) is 8.30. The molecule has 33 heavy (non-hydrogen) atoms. The Kier molecular flexibility index (Phi) is 5.30. The number of nitro benzene ring substituents is 1. The first-order chi connectivity index (χ1) is 16.0. The van der Waals surface area contributed by atoms with Gasteiger partial charge < -0.3 is 15.4 Å². The van der Waals surface area contributed by atoms with Crippen LogP contribution in [0, 0.1) is 10.1 Å². The highest BCUT2D eigenvalue weighted by Crippen LogP contribution is 2.44. The summed E-state index contributed by atoms with van der Waals surface area (Å²) >= 11 is 0. The third-order valence-electron chi connectivity index (χ3n) is 6.29. The number of carbonyl (C=O) groups excluding carboxylic acids is 1. The summed E-state index contributed by atoms with van der Waals surface area (Å²) in [6.45, 7) is 0. The molecule has 0 unspecified atom stereocenters. The first-order valence-electron chi connectivity index (χ1n) is 10.8. The van der Waals surface area contributed by atoms with E-state index in [4.69, 9.17) is 4.74 Å². The van der Waals surface area contributed by atoms with Crippen molar-refractivity contribution in [3.8, 4) is 5.75 Å². The smallest absolute Gasteiger partial charge is 0.269 e. The Bertz CT molecular complexity index is 1280. The average Bonchev–Trinajstić information content (AvgIpc) is 3.01. The Hall–Kier alpha value is -4.13. The van der Waals surface area contributed by atoms with Gasteiger partial charge in [0.1, 0.15) is 5.75 Å². The lowest BCUT2D eigenvalue weighted by atomic mass is 9.78. The molecule has 1 aliphatic carbocycles. The number of rotatable bonds is 4. The number of ether oxygens (including phenoxy) is 1. The fourth-order valence-corrected chi connectivity index (χ4v) is 4.69. The van der Waals surface area contributed by atoms with Gasteiger partial charge in [0, 0.05) is 29.8 Å². The summed E-state index contributed by atoms with van der Waals surface area (Å²) in [6, 6.07) is 21.6. The number of non-ortho nitro benzene ring substituents is 1. The Morgan fingerprint density at radius 2 is 1.70 bits per heavy atom. The van der Waals surface area contributed by atoms with Gasteiger partial charge in [-0.2, -0.15) is 0 Å². The van der Waals surface area contributed by atoms with Crippen LogP contribution in [-0.4, -0.2) is 17.8 Å². The standard InChI is InChI=1S/C26H23N3O4/c1-33-20-9-5-6-16(13-20)18-14-23-25(24(30)15-18)26(17-7-4-8-19(12-17)29(31)32)28-22-11-3-2-10-21(22)27-23/h2-13,18,26-28H,14-15H2,1H3/t18-,26+/m0/s1. The molecular weight excluding hydrogens is 418 g/mol. The van der Waals surface area contributed by atoms with Gasteiger partial charge in [-0.3, -0.25) is 14.9 Å². The highest BCUT2D eigenvalue weighted by Gasteiger charge is 2.36. The SMILES string of the molecule is COc1cccc([C@@H]2CC(=O)C3=C(C2)Nc2ccccc2N[C@@H]3c2cccc([N+](=O)[O-])c2)c1. The predicted molar refractivity (Wildman–Crippen MR) is 127 cm³/mol. The van der Waals surface area contributed by atoms with Gasteiger partial charge in [0.15, 0.2) is 5.78 Å². The molecular formula is C26H23N3O4. The van der Waals surface area contributed by atoms with Gasteiger partial charge in [0.05, 0.1) is 29.4 Å². The van der Waals surface area contributed by atoms with Crippen molar-refractivity contribution in [2.75, 3.05) is 17.7 Å². The highest BCUT2D eigenvalue weighted by molar-refractivity contribution is 6.01. The summed E-state index contributed by atoms with van der Waals surface area (Å²) in [5.41, 5.74) is 4.92. The third kappa shape index (κ3) is 3.93. The summed E-state index contributed by atoms with van der Waals surface area (Å²) in [4.78, 5) is 24.5. The van der Waals surface area contributed by atoms with Crippen molar-refractivity contribution in [2.24, 2.45) is 0 Å². The quantitative estimate of drug-likeness (QED) is 0.405. The van der Waals surface area contributed by atoms with E-state index in [1.54, 1.807) is 13.2 Å². The molecule has 2 atom stereocenters. The van der Waals surface area contributed by atoms with Gasteiger partial charge in [-0.05, 0) is 47.7 Å². The number of ketones is 1. The molecule has 0 radical (unpaired) electrons. The Labute approximate surface area is 191 Å². The Balaban J connectivity index is 1.61. The number of para-hydroxylation sites is 2. The van der Waals surface area contributed by atoms with E-state index in [2.05, 4.69) is 10.6 Å². The molecule has 7 nitrogen and oxygen atoms in total. The molecule has 2 aliphatic rings. The second-order valence-corrected chi connectivity index (χ2v) is 8.30. The molecule has 0 amide bonds. The highest BCUT2D eigenvalue weighted by atomic mass is 16.6. The number of anilines is 2. The van der Waals surface area contributed by atoms with Crippen LogP contribution in [0.25, 0.3) is 0 Å². The molecule has 3 aromatic rings. The van der Waals surface area contributed by atoms with E-state index in [1.165, 1.54) is 12.1 Å². The van der Waals surface area contributed by atoms with Crippen LogP contribution >= 0.6 is 0 Å². The Morgan fingerprint density at radius 1 is 0.939 bits per heavy atom. The first kappa shape index (κ1) is 20.8. The molecule has 7 heteroatoms. The summed E-state index contributed by atoms with van der Waals surface area (Å²) < 4.78 is 5.37. The zero-order valence-corrected chi connectivity index (χ0v) is 18.1. The number of nitrogens with zero attached hydrogens (tertiary/aromatic N) is 1. The molecule has 5 rings (SSSR count). The summed E-state index contributed by atoms with van der Waals surface area (Å²) in [7, 11) is 1.63. The number of methoxy groups -OCH3 is 1. The van der Waals surface area contributed by atoms with Gasteiger partial charge in [-0.25, -0.2) is 0 Å². The average molecular weight is 441 g/mol. The number of benzene rings is 3. The molecule has 0 fully saturated rings. The van der Waals surface area contributed by atoms with E-state index < -0.39 is 11.0 Å². The van der Waals surface area contributed by atoms with Crippen molar-refractivity contribution in [1.82, 2.24) is 0 Å². The van der Waals surface area contributed by atoms with E-state index in [0.29, 0.717) is 24.0 Å². The number of Topliss-reactive ketones (excluding diaryl/α,β-unsaturated/α-hetero) is 1. The zero-order chi connectivity index (χ0) is 22.9. The molecule has 0 spiro atoms. The van der Waals surface area contributed by atoms with Crippen molar-refractivity contribution in [2.45, 2.75) is 24.8 Å². The molecule has 0 bridgehead atoms. The molecule has 0 aromatic heterocycles. The number of hydrogen-bond donors (Lipinski definition) is 2. The lowest BCUT2D eigenvalue weighted by molar-refractivity contribution is -0.384. The van der Waals surface area contributed by atoms with Gasteiger partial charge in [0.2, 0.25) is 0 Å². The minimum Gasteiger partial charge on any atom is -0.497 e. The van der Waals surface area contributed by atoms with E-state index >= 15 is 0 Å². The van der Waals surface area contributed by atoms with Crippen LogP contribution in [0.3, 0.4) is 0 Å². The summed E-state index contributed by atoms with van der Waals surface area (Å²) in [5, 5.41) is 18.3. The van der Waals surface area contributed by atoms with Gasteiger partial charge >= 0.3 is 0 Å². The van der Waals surface area contributed by atoms with Crippen molar-refractivity contribution >= 4 is 22.8 Å². The molecule has 2 N–H and O–H groups in total. The van der Waals surface area contributed by atoms with Crippen molar-refractivity contribution in [3.05, 3.63) is 105 Å². The Morgan fingerprint density at radius 3 is 2.48 bits per heavy atom. The van der Waals surface area contributed by atoms with Crippen LogP contribution in [-0.2, 0) is 4.79 Å². The number of nitrogens with one attached hydrogen (secondary N) is 2. The van der Waals surface area contributed by atoms with Gasteiger partial charge in [-0.1, -0.05) is 36.4 Å². The normalized spacial score (nSPS) is 19.5. The molecule has 0 saturated carbocycles. The number of allylic oxidation sites excluding steroid dienone is 1. The summed E-state index contributed by atoms with van der Waals surface area (Å²) in [5.74, 6) is 0.790. The van der Waals surface area contributed by atoms with E-state index in [-0.39, 0.29) is 17.4 Å². The number of hydrogen-bond acceptors (Lipinski definition) is 6. The topological polar surface area (TPSA) is 93.5 Å². The number of nitro groups is 1. The maximum atomic E-state index is 13.6. The first-order valence-corrected chi connectivity index (χ1v) is 10.8. The molecule has 0 saturated heterocycles. The maximum absolute atomic E-state index is 13.6. The fourth-order valence-electron chi connectivity index (χ4n) is 4.69.